The van der Waals surface area contributed by atoms with E-state index in [4.69, 9.17) is 0 Å². The van der Waals surface area contributed by atoms with Crippen LogP contribution in [0.3, 0.4) is 0 Å². The number of aromatic nitrogens is 1. The molecular formula is C14H10F6N4O2S. The molecule has 0 radical (unpaired) electrons. The summed E-state index contributed by atoms with van der Waals surface area (Å²) in [5.74, 6) is -0.669. The zero-order valence-electron chi connectivity index (χ0n) is 13.1. The van der Waals surface area contributed by atoms with Crippen molar-refractivity contribution in [2.24, 2.45) is 10.2 Å². The van der Waals surface area contributed by atoms with Crippen LogP contribution in [0, 0.1) is 0 Å². The summed E-state index contributed by atoms with van der Waals surface area (Å²) in [6, 6.07) is 2.69. The number of hydrogen-bond acceptors (Lipinski definition) is 7. The minimum Gasteiger partial charge on any atom is -0.506 e. The third-order valence-electron chi connectivity index (χ3n) is 2.94. The lowest BCUT2D eigenvalue weighted by Crippen LogP contribution is -2.40. The van der Waals surface area contributed by atoms with Gasteiger partial charge in [-0.15, -0.1) is 10.2 Å². The quantitative estimate of drug-likeness (QED) is 0.411. The Bertz CT molecular complexity index is 818. The van der Waals surface area contributed by atoms with Gasteiger partial charge >= 0.3 is 12.4 Å². The summed E-state index contributed by atoms with van der Waals surface area (Å²) in [4.78, 5) is 14.6. The molecule has 0 aliphatic rings. The predicted molar refractivity (Wildman–Crippen MR) is 84.1 cm³/mol. The lowest BCUT2D eigenvalue weighted by Gasteiger charge is -2.27. The fourth-order valence-electron chi connectivity index (χ4n) is 1.94. The maximum absolute atomic E-state index is 12.6. The van der Waals surface area contributed by atoms with Crippen molar-refractivity contribution in [3.05, 3.63) is 29.3 Å². The SMILES string of the molecule is O=Cc1cnc(N=Nc2ccc(N(CC(F)(F)F)CC(F)(F)F)cc2O)s1. The van der Waals surface area contributed by atoms with Crippen molar-refractivity contribution in [2.45, 2.75) is 12.4 Å². The number of carbonyl (C=O) groups is 1. The lowest BCUT2D eigenvalue weighted by atomic mass is 10.2. The molecule has 0 fully saturated rings. The van der Waals surface area contributed by atoms with Gasteiger partial charge in [-0.3, -0.25) is 4.79 Å². The summed E-state index contributed by atoms with van der Waals surface area (Å²) in [7, 11) is 0. The second-order valence-corrected chi connectivity index (χ2v) is 6.16. The molecule has 6 nitrogen and oxygen atoms in total. The van der Waals surface area contributed by atoms with Gasteiger partial charge in [-0.05, 0) is 12.1 Å². The number of azo groups is 1. The van der Waals surface area contributed by atoms with Crippen molar-refractivity contribution in [3.8, 4) is 5.75 Å². The third kappa shape index (κ3) is 6.51. The van der Waals surface area contributed by atoms with Gasteiger partial charge in [-0.2, -0.15) is 26.3 Å². The first-order valence-corrected chi connectivity index (χ1v) is 7.83. The number of aromatic hydroxyl groups is 1. The molecule has 1 aromatic carbocycles. The highest BCUT2D eigenvalue weighted by molar-refractivity contribution is 7.16. The van der Waals surface area contributed by atoms with E-state index in [9.17, 15) is 36.2 Å². The van der Waals surface area contributed by atoms with Crippen LogP contribution in [0.2, 0.25) is 0 Å². The number of anilines is 1. The molecule has 2 aromatic rings. The minimum absolute atomic E-state index is 0.0395. The van der Waals surface area contributed by atoms with E-state index in [0.717, 1.165) is 29.5 Å². The van der Waals surface area contributed by atoms with E-state index in [-0.39, 0.29) is 20.6 Å². The van der Waals surface area contributed by atoms with Crippen LogP contribution in [0.5, 0.6) is 5.75 Å². The third-order valence-corrected chi connectivity index (χ3v) is 3.74. The smallest absolute Gasteiger partial charge is 0.405 e. The van der Waals surface area contributed by atoms with E-state index in [2.05, 4.69) is 15.2 Å². The van der Waals surface area contributed by atoms with Crippen LogP contribution in [0.1, 0.15) is 9.67 Å². The summed E-state index contributed by atoms with van der Waals surface area (Å²) in [6.45, 7) is -3.69. The Morgan fingerprint density at radius 2 is 1.74 bits per heavy atom. The number of phenolic OH excluding ortho intramolecular Hbond substituents is 1. The first-order valence-electron chi connectivity index (χ1n) is 7.01. The lowest BCUT2D eigenvalue weighted by molar-refractivity contribution is -0.137. The van der Waals surface area contributed by atoms with Crippen molar-refractivity contribution >= 4 is 34.1 Å². The van der Waals surface area contributed by atoms with Crippen LogP contribution < -0.4 is 4.90 Å². The molecule has 0 bridgehead atoms. The molecular weight excluding hydrogens is 402 g/mol. The van der Waals surface area contributed by atoms with E-state index in [0.29, 0.717) is 6.29 Å². The molecule has 0 aliphatic heterocycles. The first kappa shape index (κ1) is 20.6. The van der Waals surface area contributed by atoms with Gasteiger partial charge in [0.15, 0.2) is 6.29 Å². The van der Waals surface area contributed by atoms with Gasteiger partial charge in [-0.25, -0.2) is 4.98 Å². The van der Waals surface area contributed by atoms with E-state index in [1.54, 1.807) is 0 Å². The Hall–Kier alpha value is -2.70. The highest BCUT2D eigenvalue weighted by Gasteiger charge is 2.37. The van der Waals surface area contributed by atoms with Crippen LogP contribution in [-0.2, 0) is 0 Å². The molecule has 27 heavy (non-hydrogen) atoms. The van der Waals surface area contributed by atoms with Gasteiger partial charge in [0, 0.05) is 11.8 Å². The first-order chi connectivity index (χ1) is 12.5. The topological polar surface area (TPSA) is 78.2 Å². The number of hydrogen-bond donors (Lipinski definition) is 1. The fourth-order valence-corrected chi connectivity index (χ4v) is 2.49. The van der Waals surface area contributed by atoms with E-state index < -0.39 is 36.9 Å². The molecule has 1 aromatic heterocycles. The molecule has 1 N–H and O–H groups in total. The molecule has 0 atom stereocenters. The Morgan fingerprint density at radius 1 is 1.11 bits per heavy atom. The van der Waals surface area contributed by atoms with E-state index >= 15 is 0 Å². The monoisotopic (exact) mass is 412 g/mol. The molecule has 0 unspecified atom stereocenters. The second kappa shape index (κ2) is 7.90. The second-order valence-electron chi connectivity index (χ2n) is 5.12. The van der Waals surface area contributed by atoms with Gasteiger partial charge in [0.2, 0.25) is 5.13 Å². The van der Waals surface area contributed by atoms with Crippen LogP contribution in [-0.4, -0.2) is 41.8 Å². The fraction of sp³-hybridized carbons (Fsp3) is 0.286. The molecule has 0 amide bonds. The summed E-state index contributed by atoms with van der Waals surface area (Å²) >= 11 is 0.899. The van der Waals surface area contributed by atoms with Gasteiger partial charge < -0.3 is 10.0 Å². The number of aldehydes is 1. The molecule has 1 heterocycles. The van der Waals surface area contributed by atoms with Crippen molar-refractivity contribution in [2.75, 3.05) is 18.0 Å². The highest BCUT2D eigenvalue weighted by atomic mass is 32.1. The van der Waals surface area contributed by atoms with Crippen molar-refractivity contribution < 1.29 is 36.2 Å². The Balaban J connectivity index is 2.24. The predicted octanol–water partition coefficient (Wildman–Crippen LogP) is 5.01. The van der Waals surface area contributed by atoms with Crippen LogP contribution in [0.25, 0.3) is 0 Å². The summed E-state index contributed by atoms with van der Waals surface area (Å²) in [6.07, 6.45) is -7.97. The average Bonchev–Trinajstić information content (AvgIpc) is 2.98. The molecule has 146 valence electrons. The molecule has 0 spiro atoms. The molecule has 0 saturated heterocycles. The van der Waals surface area contributed by atoms with Crippen LogP contribution in [0.4, 0.5) is 42.8 Å². The maximum atomic E-state index is 12.6. The van der Waals surface area contributed by atoms with Crippen molar-refractivity contribution in [1.29, 1.82) is 0 Å². The highest BCUT2D eigenvalue weighted by Crippen LogP contribution is 2.35. The number of rotatable bonds is 6. The Morgan fingerprint density at radius 3 is 2.22 bits per heavy atom. The zero-order chi connectivity index (χ0) is 20.2. The van der Waals surface area contributed by atoms with Gasteiger partial charge in [0.05, 0.1) is 11.1 Å². The number of thiazole rings is 1. The standard InChI is InChI=1S/C14H10F6N4O2S/c15-13(16,17)6-24(7-14(18,19)20)8-1-2-10(11(26)3-8)22-23-12-21-4-9(5-25)27-12/h1-5,26H,6-7H2. The summed E-state index contributed by atoms with van der Waals surface area (Å²) < 4.78 is 75.3. The van der Waals surface area contributed by atoms with Crippen LogP contribution in [0.15, 0.2) is 34.6 Å². The number of alkyl halides is 6. The number of halogens is 6. The van der Waals surface area contributed by atoms with Gasteiger partial charge in [0.1, 0.15) is 24.5 Å². The van der Waals surface area contributed by atoms with Crippen molar-refractivity contribution in [3.63, 3.8) is 0 Å². The maximum Gasteiger partial charge on any atom is 0.405 e. The normalized spacial score (nSPS) is 12.5. The van der Waals surface area contributed by atoms with E-state index in [1.165, 1.54) is 6.20 Å². The summed E-state index contributed by atoms with van der Waals surface area (Å²) in [5.41, 5.74) is -0.681. The molecule has 0 aliphatic carbocycles. The molecule has 13 heteroatoms. The zero-order valence-corrected chi connectivity index (χ0v) is 13.9. The summed E-state index contributed by atoms with van der Waals surface area (Å²) in [5, 5.41) is 17.2. The van der Waals surface area contributed by atoms with Gasteiger partial charge in [0.25, 0.3) is 0 Å². The number of benzene rings is 1. The number of carbonyl (C=O) groups excluding carboxylic acids is 1. The van der Waals surface area contributed by atoms with Gasteiger partial charge in [-0.1, -0.05) is 11.3 Å². The largest absolute Gasteiger partial charge is 0.506 e. The Labute approximate surface area is 151 Å². The molecule has 0 saturated carbocycles. The Kier molecular flexibility index (Phi) is 6.03. The number of phenols is 1. The number of nitrogens with zero attached hydrogens (tertiary/aromatic N) is 4. The van der Waals surface area contributed by atoms with Crippen LogP contribution >= 0.6 is 11.3 Å². The minimum atomic E-state index is -4.87. The van der Waals surface area contributed by atoms with E-state index in [1.807, 2.05) is 0 Å². The molecule has 2 rings (SSSR count). The average molecular weight is 412 g/mol. The van der Waals surface area contributed by atoms with Crippen molar-refractivity contribution in [1.82, 2.24) is 4.98 Å².